The molecule has 110 valence electrons. The molecule has 2 N–H and O–H groups in total. The molecule has 2 rings (SSSR count). The predicted octanol–water partition coefficient (Wildman–Crippen LogP) is 1.30. The van der Waals surface area contributed by atoms with Gasteiger partial charge in [-0.05, 0) is 37.6 Å². The first-order valence-electron chi connectivity index (χ1n) is 6.53. The minimum Gasteiger partial charge on any atom is -0.465 e. The van der Waals surface area contributed by atoms with E-state index >= 15 is 0 Å². The molecule has 1 unspecified atom stereocenters. The number of hydrogen-bond acceptors (Lipinski definition) is 5. The van der Waals surface area contributed by atoms with Crippen LogP contribution in [0.1, 0.15) is 25.5 Å². The third kappa shape index (κ3) is 4.41. The maximum absolute atomic E-state index is 11.6. The molecule has 2 amide bonds. The van der Waals surface area contributed by atoms with Gasteiger partial charge in [-0.15, -0.1) is 0 Å². The van der Waals surface area contributed by atoms with Crippen molar-refractivity contribution in [3.05, 3.63) is 30.2 Å². The van der Waals surface area contributed by atoms with Gasteiger partial charge in [0.25, 0.3) is 0 Å². The van der Waals surface area contributed by atoms with Crippen LogP contribution in [-0.2, 0) is 9.59 Å². The average molecular weight is 288 g/mol. The molecule has 0 saturated heterocycles. The Hall–Kier alpha value is -2.70. The van der Waals surface area contributed by atoms with Gasteiger partial charge < -0.3 is 4.42 Å². The van der Waals surface area contributed by atoms with Crippen molar-refractivity contribution in [3.8, 4) is 0 Å². The fourth-order valence-corrected chi connectivity index (χ4v) is 1.84. The van der Waals surface area contributed by atoms with Gasteiger partial charge in [-0.2, -0.15) is 10.2 Å². The highest BCUT2D eigenvalue weighted by Crippen LogP contribution is 2.13. The van der Waals surface area contributed by atoms with Crippen molar-refractivity contribution in [2.24, 2.45) is 16.1 Å². The van der Waals surface area contributed by atoms with Crippen LogP contribution in [0, 0.1) is 5.92 Å². The average Bonchev–Trinajstić information content (AvgIpc) is 3.08. The summed E-state index contributed by atoms with van der Waals surface area (Å²) in [6, 6.07) is 3.59. The number of amides is 2. The summed E-state index contributed by atoms with van der Waals surface area (Å²) in [7, 11) is 0. The maximum atomic E-state index is 11.6. The molecule has 1 aromatic rings. The Morgan fingerprint density at radius 1 is 1.62 bits per heavy atom. The summed E-state index contributed by atoms with van der Waals surface area (Å²) in [4.78, 5) is 23.0. The van der Waals surface area contributed by atoms with Crippen molar-refractivity contribution in [2.75, 3.05) is 0 Å². The lowest BCUT2D eigenvalue weighted by Crippen LogP contribution is -2.25. The minimum atomic E-state index is -0.321. The number of carbonyl (C=O) groups excluding carboxylic acids is 2. The molecule has 0 aromatic carbocycles. The first kappa shape index (κ1) is 14.7. The van der Waals surface area contributed by atoms with Crippen molar-refractivity contribution in [1.29, 1.82) is 0 Å². The van der Waals surface area contributed by atoms with Crippen LogP contribution >= 0.6 is 0 Å². The Kier molecular flexibility index (Phi) is 5.03. The van der Waals surface area contributed by atoms with E-state index in [1.165, 1.54) is 6.21 Å². The van der Waals surface area contributed by atoms with Gasteiger partial charge in [-0.25, -0.2) is 10.9 Å². The number of nitrogens with one attached hydrogen (secondary N) is 2. The summed E-state index contributed by atoms with van der Waals surface area (Å²) in [6.07, 6.45) is 7.03. The topological polar surface area (TPSA) is 96.1 Å². The fraction of sp³-hybridized carbons (Fsp3) is 0.286. The van der Waals surface area contributed by atoms with E-state index in [-0.39, 0.29) is 24.2 Å². The Morgan fingerprint density at radius 2 is 2.48 bits per heavy atom. The summed E-state index contributed by atoms with van der Waals surface area (Å²) >= 11 is 0. The molecule has 7 nitrogen and oxygen atoms in total. The molecule has 0 aliphatic carbocycles. The zero-order chi connectivity index (χ0) is 15.1. The Morgan fingerprint density at radius 3 is 3.14 bits per heavy atom. The largest absolute Gasteiger partial charge is 0.465 e. The van der Waals surface area contributed by atoms with Crippen LogP contribution in [0.5, 0.6) is 0 Å². The molecule has 0 radical (unpaired) electrons. The fourth-order valence-electron chi connectivity index (χ4n) is 1.84. The Bertz CT molecular complexity index is 587. The first-order chi connectivity index (χ1) is 10.2. The van der Waals surface area contributed by atoms with Crippen molar-refractivity contribution in [3.63, 3.8) is 0 Å². The Balaban J connectivity index is 1.68. The number of hydrazone groups is 2. The van der Waals surface area contributed by atoms with Crippen LogP contribution in [0.2, 0.25) is 0 Å². The van der Waals surface area contributed by atoms with Gasteiger partial charge in [0.1, 0.15) is 5.76 Å². The molecule has 0 saturated carbocycles. The number of rotatable bonds is 6. The summed E-state index contributed by atoms with van der Waals surface area (Å²) in [6.45, 7) is 1.76. The highest BCUT2D eigenvalue weighted by Gasteiger charge is 2.26. The number of carbonyl (C=O) groups is 2. The highest BCUT2D eigenvalue weighted by atomic mass is 16.3. The minimum absolute atomic E-state index is 0.162. The van der Waals surface area contributed by atoms with Crippen molar-refractivity contribution in [1.82, 2.24) is 10.9 Å². The zero-order valence-corrected chi connectivity index (χ0v) is 11.6. The van der Waals surface area contributed by atoms with E-state index in [1.807, 2.05) is 0 Å². The van der Waals surface area contributed by atoms with Gasteiger partial charge in [0.05, 0.1) is 12.2 Å². The molecular weight excluding hydrogens is 272 g/mol. The van der Waals surface area contributed by atoms with E-state index in [9.17, 15) is 9.59 Å². The number of furan rings is 1. The summed E-state index contributed by atoms with van der Waals surface area (Å²) in [5.41, 5.74) is 5.49. The normalized spacial score (nSPS) is 18.2. The SMILES string of the molecule is CC1=NNC(=O)C1CCC(=O)N/N=C\C=C\c1ccco1. The van der Waals surface area contributed by atoms with E-state index in [0.717, 1.165) is 0 Å². The maximum Gasteiger partial charge on any atom is 0.248 e. The number of allylic oxidation sites excluding steroid dienone is 1. The van der Waals surface area contributed by atoms with Crippen LogP contribution < -0.4 is 10.9 Å². The van der Waals surface area contributed by atoms with Gasteiger partial charge in [0, 0.05) is 18.3 Å². The summed E-state index contributed by atoms with van der Waals surface area (Å²) in [5.74, 6) is -0.0244. The first-order valence-corrected chi connectivity index (χ1v) is 6.53. The second-order valence-electron chi connectivity index (χ2n) is 4.51. The van der Waals surface area contributed by atoms with Gasteiger partial charge in [-0.3, -0.25) is 9.59 Å². The molecular formula is C14H16N4O3. The van der Waals surface area contributed by atoms with Crippen LogP contribution in [-0.4, -0.2) is 23.7 Å². The van der Waals surface area contributed by atoms with Crippen LogP contribution in [0.15, 0.2) is 39.1 Å². The second kappa shape index (κ2) is 7.18. The van der Waals surface area contributed by atoms with Gasteiger partial charge >= 0.3 is 0 Å². The van der Waals surface area contributed by atoms with E-state index < -0.39 is 0 Å². The third-order valence-corrected chi connectivity index (χ3v) is 2.98. The van der Waals surface area contributed by atoms with Gasteiger partial charge in [0.2, 0.25) is 11.8 Å². The molecule has 2 heterocycles. The lowest BCUT2D eigenvalue weighted by atomic mass is 9.99. The molecule has 0 fully saturated rings. The summed E-state index contributed by atoms with van der Waals surface area (Å²) in [5, 5.41) is 7.60. The number of hydrogen-bond donors (Lipinski definition) is 2. The summed E-state index contributed by atoms with van der Waals surface area (Å²) < 4.78 is 5.09. The van der Waals surface area contributed by atoms with E-state index in [2.05, 4.69) is 21.1 Å². The van der Waals surface area contributed by atoms with Gasteiger partial charge in [-0.1, -0.05) is 0 Å². The smallest absolute Gasteiger partial charge is 0.248 e. The van der Waals surface area contributed by atoms with Gasteiger partial charge in [0.15, 0.2) is 0 Å². The molecule has 0 spiro atoms. The molecule has 0 bridgehead atoms. The zero-order valence-electron chi connectivity index (χ0n) is 11.6. The predicted molar refractivity (Wildman–Crippen MR) is 78.4 cm³/mol. The van der Waals surface area contributed by atoms with Crippen molar-refractivity contribution in [2.45, 2.75) is 19.8 Å². The molecule has 1 aliphatic heterocycles. The number of nitrogens with zero attached hydrogens (tertiary/aromatic N) is 2. The van der Waals surface area contributed by atoms with Crippen LogP contribution in [0.3, 0.4) is 0 Å². The third-order valence-electron chi connectivity index (χ3n) is 2.98. The Labute approximate surface area is 121 Å². The highest BCUT2D eigenvalue weighted by molar-refractivity contribution is 6.07. The second-order valence-corrected chi connectivity index (χ2v) is 4.51. The molecule has 1 aliphatic rings. The van der Waals surface area contributed by atoms with E-state index in [1.54, 1.807) is 37.5 Å². The van der Waals surface area contributed by atoms with Crippen molar-refractivity contribution < 1.29 is 14.0 Å². The molecule has 21 heavy (non-hydrogen) atoms. The van der Waals surface area contributed by atoms with E-state index in [4.69, 9.17) is 4.42 Å². The van der Waals surface area contributed by atoms with Crippen molar-refractivity contribution >= 4 is 29.8 Å². The molecule has 1 aromatic heterocycles. The van der Waals surface area contributed by atoms with E-state index in [0.29, 0.717) is 17.9 Å². The standard InChI is InChI=1S/C14H16N4O3/c1-10-12(14(20)18-16-10)6-7-13(19)17-15-8-2-4-11-5-3-9-21-11/h2-5,8-9,12H,6-7H2,1H3,(H,17,19)(H,18,20)/b4-2+,15-8-. The lowest BCUT2D eigenvalue weighted by molar-refractivity contribution is -0.123. The van der Waals surface area contributed by atoms with Crippen LogP contribution in [0.25, 0.3) is 6.08 Å². The lowest BCUT2D eigenvalue weighted by Gasteiger charge is -2.05. The quantitative estimate of drug-likeness (QED) is 0.610. The molecule has 1 atom stereocenters. The monoisotopic (exact) mass is 288 g/mol. The molecule has 7 heteroatoms. The van der Waals surface area contributed by atoms with Crippen LogP contribution in [0.4, 0.5) is 0 Å².